The van der Waals surface area contributed by atoms with Crippen molar-refractivity contribution in [2.24, 2.45) is 0 Å². The molecule has 0 atom stereocenters. The molecule has 0 unspecified atom stereocenters. The molecule has 0 aliphatic carbocycles. The minimum atomic E-state index is -4.63. The van der Waals surface area contributed by atoms with E-state index in [9.17, 15) is 18.0 Å². The summed E-state index contributed by atoms with van der Waals surface area (Å²) in [5.41, 5.74) is 0.758. The van der Waals surface area contributed by atoms with Gasteiger partial charge in [0.1, 0.15) is 11.3 Å². The summed E-state index contributed by atoms with van der Waals surface area (Å²) in [7, 11) is 0. The summed E-state index contributed by atoms with van der Waals surface area (Å²) in [4.78, 5) is 12.0. The summed E-state index contributed by atoms with van der Waals surface area (Å²) in [6.45, 7) is 3.52. The van der Waals surface area contributed by atoms with Gasteiger partial charge < -0.3 is 10.1 Å². The van der Waals surface area contributed by atoms with Crippen LogP contribution in [0.3, 0.4) is 0 Å². The van der Waals surface area contributed by atoms with Crippen molar-refractivity contribution in [3.05, 3.63) is 58.0 Å². The standard InChI is InChI=1S/C18H16ClF3N4O2/c1-10-3-4-13(5-11(10)2)28-9-16(27)23-7-15-24-25-17-14(18(20,21)22)6-12(19)8-26(15)17/h3-6,8H,7,9H2,1-2H3,(H,23,27). The smallest absolute Gasteiger partial charge is 0.420 e. The largest absolute Gasteiger partial charge is 0.484 e. The highest BCUT2D eigenvalue weighted by Crippen LogP contribution is 2.33. The van der Waals surface area contributed by atoms with Crippen LogP contribution in [0.4, 0.5) is 13.2 Å². The van der Waals surface area contributed by atoms with Crippen molar-refractivity contribution in [3.63, 3.8) is 0 Å². The zero-order valence-corrected chi connectivity index (χ0v) is 15.7. The maximum atomic E-state index is 13.1. The van der Waals surface area contributed by atoms with Crippen LogP contribution in [0.1, 0.15) is 22.5 Å². The maximum absolute atomic E-state index is 13.1. The number of fused-ring (bicyclic) bond motifs is 1. The van der Waals surface area contributed by atoms with Crippen LogP contribution in [-0.2, 0) is 17.5 Å². The van der Waals surface area contributed by atoms with Crippen molar-refractivity contribution in [3.8, 4) is 5.75 Å². The van der Waals surface area contributed by atoms with Gasteiger partial charge in [-0.2, -0.15) is 13.2 Å². The molecule has 0 aliphatic heterocycles. The highest BCUT2D eigenvalue weighted by molar-refractivity contribution is 6.30. The van der Waals surface area contributed by atoms with Gasteiger partial charge in [-0.05, 0) is 43.2 Å². The second kappa shape index (κ2) is 7.67. The second-order valence-corrected chi connectivity index (χ2v) is 6.63. The number of ether oxygens (including phenoxy) is 1. The Bertz CT molecular complexity index is 1030. The minimum Gasteiger partial charge on any atom is -0.484 e. The van der Waals surface area contributed by atoms with E-state index in [2.05, 4.69) is 15.5 Å². The Kier molecular flexibility index (Phi) is 5.46. The van der Waals surface area contributed by atoms with E-state index in [1.165, 1.54) is 6.20 Å². The molecule has 0 saturated carbocycles. The fourth-order valence-electron chi connectivity index (χ4n) is 2.52. The molecule has 2 heterocycles. The molecule has 2 aromatic heterocycles. The van der Waals surface area contributed by atoms with Crippen molar-refractivity contribution in [2.75, 3.05) is 6.61 Å². The highest BCUT2D eigenvalue weighted by Gasteiger charge is 2.35. The average Bonchev–Trinajstić information content (AvgIpc) is 3.02. The Morgan fingerprint density at radius 1 is 1.21 bits per heavy atom. The average molecular weight is 413 g/mol. The van der Waals surface area contributed by atoms with Gasteiger partial charge in [0.25, 0.3) is 5.91 Å². The number of pyridine rings is 1. The van der Waals surface area contributed by atoms with Crippen molar-refractivity contribution in [2.45, 2.75) is 26.6 Å². The first-order valence-electron chi connectivity index (χ1n) is 8.22. The van der Waals surface area contributed by atoms with Crippen LogP contribution in [0.5, 0.6) is 5.75 Å². The van der Waals surface area contributed by atoms with E-state index in [1.54, 1.807) is 6.07 Å². The lowest BCUT2D eigenvalue weighted by atomic mass is 10.1. The highest BCUT2D eigenvalue weighted by atomic mass is 35.5. The molecule has 0 saturated heterocycles. The second-order valence-electron chi connectivity index (χ2n) is 6.19. The number of aromatic nitrogens is 3. The Hall–Kier alpha value is -2.81. The van der Waals surface area contributed by atoms with Crippen molar-refractivity contribution in [1.82, 2.24) is 19.9 Å². The summed E-state index contributed by atoms with van der Waals surface area (Å²) in [5.74, 6) is 0.211. The number of nitrogens with one attached hydrogen (secondary N) is 1. The number of rotatable bonds is 5. The van der Waals surface area contributed by atoms with Gasteiger partial charge in [-0.25, -0.2) is 0 Å². The van der Waals surface area contributed by atoms with E-state index in [-0.39, 0.29) is 29.6 Å². The zero-order valence-electron chi connectivity index (χ0n) is 15.0. The van der Waals surface area contributed by atoms with Crippen LogP contribution in [0.15, 0.2) is 30.5 Å². The van der Waals surface area contributed by atoms with E-state index >= 15 is 0 Å². The lowest BCUT2D eigenvalue weighted by Crippen LogP contribution is -2.29. The van der Waals surface area contributed by atoms with Crippen LogP contribution in [-0.4, -0.2) is 27.1 Å². The molecule has 148 valence electrons. The lowest BCUT2D eigenvalue weighted by Gasteiger charge is -2.10. The van der Waals surface area contributed by atoms with Gasteiger partial charge in [0.05, 0.1) is 11.6 Å². The third kappa shape index (κ3) is 4.36. The summed E-state index contributed by atoms with van der Waals surface area (Å²) >= 11 is 5.78. The number of benzene rings is 1. The predicted octanol–water partition coefficient (Wildman–Crippen LogP) is 3.71. The molecule has 3 aromatic rings. The molecule has 0 radical (unpaired) electrons. The Morgan fingerprint density at radius 3 is 2.64 bits per heavy atom. The van der Waals surface area contributed by atoms with Gasteiger partial charge >= 0.3 is 6.18 Å². The first kappa shape index (κ1) is 19.9. The molecule has 28 heavy (non-hydrogen) atoms. The number of carbonyl (C=O) groups excluding carboxylic acids is 1. The molecule has 10 heteroatoms. The fraction of sp³-hybridized carbons (Fsp3) is 0.278. The van der Waals surface area contributed by atoms with Gasteiger partial charge in [0.15, 0.2) is 18.1 Å². The maximum Gasteiger partial charge on any atom is 0.420 e. The third-order valence-corrected chi connectivity index (χ3v) is 4.35. The molecule has 0 bridgehead atoms. The van der Waals surface area contributed by atoms with E-state index in [0.29, 0.717) is 5.75 Å². The lowest BCUT2D eigenvalue weighted by molar-refractivity contribution is -0.136. The Labute approximate surface area is 163 Å². The van der Waals surface area contributed by atoms with E-state index in [0.717, 1.165) is 21.6 Å². The van der Waals surface area contributed by atoms with Crippen LogP contribution < -0.4 is 10.1 Å². The van der Waals surface area contributed by atoms with Crippen molar-refractivity contribution in [1.29, 1.82) is 0 Å². The van der Waals surface area contributed by atoms with Crippen LogP contribution in [0.25, 0.3) is 5.65 Å². The Morgan fingerprint density at radius 2 is 1.96 bits per heavy atom. The molecular weight excluding hydrogens is 397 g/mol. The van der Waals surface area contributed by atoms with E-state index in [1.807, 2.05) is 26.0 Å². The summed E-state index contributed by atoms with van der Waals surface area (Å²) in [6.07, 6.45) is -3.36. The quantitative estimate of drug-likeness (QED) is 0.693. The van der Waals surface area contributed by atoms with Gasteiger partial charge in [-0.1, -0.05) is 17.7 Å². The molecule has 1 N–H and O–H groups in total. The van der Waals surface area contributed by atoms with Gasteiger partial charge in [0, 0.05) is 6.20 Å². The molecule has 0 fully saturated rings. The van der Waals surface area contributed by atoms with Crippen LogP contribution >= 0.6 is 11.6 Å². The van der Waals surface area contributed by atoms with E-state index in [4.69, 9.17) is 16.3 Å². The number of alkyl halides is 3. The van der Waals surface area contributed by atoms with Crippen LogP contribution in [0.2, 0.25) is 5.02 Å². The third-order valence-electron chi connectivity index (χ3n) is 4.14. The topological polar surface area (TPSA) is 68.5 Å². The summed E-state index contributed by atoms with van der Waals surface area (Å²) in [6, 6.07) is 6.23. The van der Waals surface area contributed by atoms with Gasteiger partial charge in [-0.3, -0.25) is 9.20 Å². The summed E-state index contributed by atoms with van der Waals surface area (Å²) < 4.78 is 45.9. The molecule has 1 amide bonds. The number of hydrogen-bond donors (Lipinski definition) is 1. The molecule has 6 nitrogen and oxygen atoms in total. The van der Waals surface area contributed by atoms with E-state index < -0.39 is 17.6 Å². The molecule has 1 aromatic carbocycles. The zero-order chi connectivity index (χ0) is 20.5. The number of aryl methyl sites for hydroxylation is 2. The number of halogens is 4. The molecule has 3 rings (SSSR count). The molecular formula is C18H16ClF3N4O2. The number of amides is 1. The van der Waals surface area contributed by atoms with Gasteiger partial charge in [-0.15, -0.1) is 10.2 Å². The predicted molar refractivity (Wildman–Crippen MR) is 96.3 cm³/mol. The summed E-state index contributed by atoms with van der Waals surface area (Å²) in [5, 5.41) is 9.71. The first-order valence-corrected chi connectivity index (χ1v) is 8.60. The SMILES string of the molecule is Cc1ccc(OCC(=O)NCc2nnc3c(C(F)(F)F)cc(Cl)cn23)cc1C. The molecule has 0 aliphatic rings. The number of nitrogens with zero attached hydrogens (tertiary/aromatic N) is 3. The fourth-order valence-corrected chi connectivity index (χ4v) is 2.72. The van der Waals surface area contributed by atoms with Crippen molar-refractivity contribution >= 4 is 23.2 Å². The number of carbonyl (C=O) groups is 1. The normalized spacial score (nSPS) is 11.6. The van der Waals surface area contributed by atoms with Crippen LogP contribution in [0, 0.1) is 13.8 Å². The minimum absolute atomic E-state index is 0.113. The first-order chi connectivity index (χ1) is 13.1. The Balaban J connectivity index is 1.67. The van der Waals surface area contributed by atoms with Gasteiger partial charge in [0.2, 0.25) is 0 Å². The number of hydrogen-bond acceptors (Lipinski definition) is 4. The monoisotopic (exact) mass is 412 g/mol. The van der Waals surface area contributed by atoms with Crippen molar-refractivity contribution < 1.29 is 22.7 Å². The molecule has 0 spiro atoms.